The molecule has 4 heteroatoms. The number of likely N-dealkylation sites (tertiary alicyclic amines) is 1. The van der Waals surface area contributed by atoms with E-state index in [-0.39, 0.29) is 11.9 Å². The predicted octanol–water partition coefficient (Wildman–Crippen LogP) is 2.18. The van der Waals surface area contributed by atoms with E-state index in [9.17, 15) is 4.79 Å². The average Bonchev–Trinajstić information content (AvgIpc) is 2.39. The number of benzene rings is 1. The Labute approximate surface area is 121 Å². The average molecular weight is 275 g/mol. The Kier molecular flexibility index (Phi) is 5.01. The molecule has 2 rings (SSSR count). The van der Waals surface area contributed by atoms with E-state index in [2.05, 4.69) is 17.1 Å². The number of rotatable bonds is 4. The Balaban J connectivity index is 1.89. The molecule has 1 amide bonds. The quantitative estimate of drug-likeness (QED) is 0.828. The molecule has 1 heterocycles. The van der Waals surface area contributed by atoms with Crippen molar-refractivity contribution in [1.82, 2.24) is 10.2 Å². The highest BCUT2D eigenvalue weighted by Crippen LogP contribution is 2.13. The van der Waals surface area contributed by atoms with Gasteiger partial charge >= 0.3 is 0 Å². The van der Waals surface area contributed by atoms with Gasteiger partial charge in [-0.15, -0.1) is 0 Å². The number of aryl methyl sites for hydroxylation is 1. The number of piperidine rings is 1. The summed E-state index contributed by atoms with van der Waals surface area (Å²) >= 11 is 0. The summed E-state index contributed by atoms with van der Waals surface area (Å²) in [5.41, 5.74) is 8.05. The molecule has 1 aromatic rings. The minimum Gasteiger partial charge on any atom is -0.399 e. The molecule has 0 bridgehead atoms. The maximum absolute atomic E-state index is 12.3. The van der Waals surface area contributed by atoms with Gasteiger partial charge in [-0.3, -0.25) is 4.79 Å². The molecule has 1 unspecified atom stereocenters. The zero-order valence-electron chi connectivity index (χ0n) is 12.5. The molecular weight excluding hydrogens is 250 g/mol. The second-order valence-corrected chi connectivity index (χ2v) is 5.81. The molecule has 3 N–H and O–H groups in total. The molecule has 110 valence electrons. The van der Waals surface area contributed by atoms with Crippen molar-refractivity contribution < 1.29 is 4.79 Å². The molecule has 1 aliphatic rings. The van der Waals surface area contributed by atoms with Crippen LogP contribution in [0.3, 0.4) is 0 Å². The van der Waals surface area contributed by atoms with Crippen molar-refractivity contribution in [2.45, 2.75) is 39.2 Å². The number of hydrogen-bond donors (Lipinski definition) is 2. The summed E-state index contributed by atoms with van der Waals surface area (Å²) in [6.45, 7) is 7.22. The molecule has 20 heavy (non-hydrogen) atoms. The van der Waals surface area contributed by atoms with Crippen LogP contribution in [0.15, 0.2) is 18.2 Å². The molecule has 0 aromatic heterocycles. The highest BCUT2D eigenvalue weighted by atomic mass is 16.1. The normalized spacial score (nSPS) is 17.7. The van der Waals surface area contributed by atoms with E-state index in [0.717, 1.165) is 25.2 Å². The predicted molar refractivity (Wildman–Crippen MR) is 82.8 cm³/mol. The van der Waals surface area contributed by atoms with Gasteiger partial charge in [0.2, 0.25) is 0 Å². The van der Waals surface area contributed by atoms with E-state index < -0.39 is 0 Å². The summed E-state index contributed by atoms with van der Waals surface area (Å²) in [5, 5.41) is 3.08. The van der Waals surface area contributed by atoms with E-state index in [1.807, 2.05) is 13.0 Å². The molecule has 1 aliphatic heterocycles. The van der Waals surface area contributed by atoms with Gasteiger partial charge in [0.25, 0.3) is 5.91 Å². The number of carbonyl (C=O) groups excluding carboxylic acids is 1. The first-order valence-electron chi connectivity index (χ1n) is 7.45. The van der Waals surface area contributed by atoms with Crippen molar-refractivity contribution in [2.75, 3.05) is 25.4 Å². The van der Waals surface area contributed by atoms with Crippen molar-refractivity contribution in [3.63, 3.8) is 0 Å². The number of carbonyl (C=O) groups is 1. The van der Waals surface area contributed by atoms with E-state index in [1.54, 1.807) is 12.1 Å². The van der Waals surface area contributed by atoms with Gasteiger partial charge in [0.05, 0.1) is 0 Å². The van der Waals surface area contributed by atoms with Crippen molar-refractivity contribution >= 4 is 11.6 Å². The Morgan fingerprint density at radius 2 is 2.05 bits per heavy atom. The molecule has 1 aromatic carbocycles. The third kappa shape index (κ3) is 3.97. The van der Waals surface area contributed by atoms with Crippen LogP contribution in [0.2, 0.25) is 0 Å². The number of nitrogen functional groups attached to an aromatic ring is 1. The van der Waals surface area contributed by atoms with E-state index in [4.69, 9.17) is 5.73 Å². The van der Waals surface area contributed by atoms with Gasteiger partial charge in [-0.1, -0.05) is 6.42 Å². The summed E-state index contributed by atoms with van der Waals surface area (Å²) in [4.78, 5) is 14.7. The minimum atomic E-state index is -0.00740. The zero-order valence-corrected chi connectivity index (χ0v) is 12.5. The maximum atomic E-state index is 12.3. The van der Waals surface area contributed by atoms with Gasteiger partial charge in [0.15, 0.2) is 0 Å². The molecule has 1 saturated heterocycles. The zero-order chi connectivity index (χ0) is 14.5. The van der Waals surface area contributed by atoms with Gasteiger partial charge in [-0.05, 0) is 63.5 Å². The van der Waals surface area contributed by atoms with Crippen LogP contribution in [-0.4, -0.2) is 36.5 Å². The first-order valence-corrected chi connectivity index (χ1v) is 7.45. The lowest BCUT2D eigenvalue weighted by Gasteiger charge is -2.29. The Hall–Kier alpha value is -1.55. The molecule has 4 nitrogen and oxygen atoms in total. The first-order chi connectivity index (χ1) is 9.56. The highest BCUT2D eigenvalue weighted by molar-refractivity contribution is 5.96. The van der Waals surface area contributed by atoms with Gasteiger partial charge in [0, 0.05) is 23.8 Å². The molecule has 0 radical (unpaired) electrons. The topological polar surface area (TPSA) is 58.4 Å². The number of anilines is 1. The summed E-state index contributed by atoms with van der Waals surface area (Å²) in [6.07, 6.45) is 3.89. The van der Waals surface area contributed by atoms with Gasteiger partial charge in [0.1, 0.15) is 0 Å². The van der Waals surface area contributed by atoms with E-state index in [1.165, 1.54) is 19.3 Å². The van der Waals surface area contributed by atoms with Crippen LogP contribution < -0.4 is 11.1 Å². The fourth-order valence-electron chi connectivity index (χ4n) is 2.82. The van der Waals surface area contributed by atoms with E-state index >= 15 is 0 Å². The van der Waals surface area contributed by atoms with Crippen LogP contribution in [0.1, 0.15) is 42.1 Å². The first kappa shape index (κ1) is 14.9. The Morgan fingerprint density at radius 3 is 2.70 bits per heavy atom. The molecule has 1 atom stereocenters. The van der Waals surface area contributed by atoms with Gasteiger partial charge in [-0.2, -0.15) is 0 Å². The van der Waals surface area contributed by atoms with Crippen LogP contribution in [0.25, 0.3) is 0 Å². The minimum absolute atomic E-state index is 0.00740. The monoisotopic (exact) mass is 275 g/mol. The summed E-state index contributed by atoms with van der Waals surface area (Å²) in [6, 6.07) is 5.58. The fourth-order valence-corrected chi connectivity index (χ4v) is 2.82. The van der Waals surface area contributed by atoms with Crippen LogP contribution in [0.5, 0.6) is 0 Å². The number of hydrogen-bond acceptors (Lipinski definition) is 3. The SMILES string of the molecule is Cc1cc(N)ccc1C(=O)NC(C)CN1CCCCC1. The standard InChI is InChI=1S/C16H25N3O/c1-12-10-14(17)6-7-15(12)16(20)18-13(2)11-19-8-4-3-5-9-19/h6-7,10,13H,3-5,8-9,11,17H2,1-2H3,(H,18,20). The lowest BCUT2D eigenvalue weighted by atomic mass is 10.1. The maximum Gasteiger partial charge on any atom is 0.251 e. The largest absolute Gasteiger partial charge is 0.399 e. The summed E-state index contributed by atoms with van der Waals surface area (Å²) < 4.78 is 0. The number of nitrogens with two attached hydrogens (primary N) is 1. The molecule has 0 saturated carbocycles. The van der Waals surface area contributed by atoms with Gasteiger partial charge < -0.3 is 16.0 Å². The van der Waals surface area contributed by atoms with Crippen LogP contribution >= 0.6 is 0 Å². The summed E-state index contributed by atoms with van der Waals surface area (Å²) in [5.74, 6) is -0.00740. The Bertz CT molecular complexity index is 467. The van der Waals surface area contributed by atoms with Crippen molar-refractivity contribution in [1.29, 1.82) is 0 Å². The van der Waals surface area contributed by atoms with Gasteiger partial charge in [-0.25, -0.2) is 0 Å². The van der Waals surface area contributed by atoms with Crippen molar-refractivity contribution in [2.24, 2.45) is 0 Å². The third-order valence-corrected chi connectivity index (χ3v) is 3.85. The highest BCUT2D eigenvalue weighted by Gasteiger charge is 2.16. The molecule has 1 fully saturated rings. The number of nitrogens with zero attached hydrogens (tertiary/aromatic N) is 1. The molecule has 0 aliphatic carbocycles. The van der Waals surface area contributed by atoms with E-state index in [0.29, 0.717) is 11.3 Å². The van der Waals surface area contributed by atoms with Crippen molar-refractivity contribution in [3.05, 3.63) is 29.3 Å². The summed E-state index contributed by atoms with van der Waals surface area (Å²) in [7, 11) is 0. The third-order valence-electron chi connectivity index (χ3n) is 3.85. The van der Waals surface area contributed by atoms with Crippen LogP contribution in [-0.2, 0) is 0 Å². The lowest BCUT2D eigenvalue weighted by Crippen LogP contribution is -2.43. The van der Waals surface area contributed by atoms with Crippen LogP contribution in [0.4, 0.5) is 5.69 Å². The smallest absolute Gasteiger partial charge is 0.251 e. The number of amides is 1. The second-order valence-electron chi connectivity index (χ2n) is 5.81. The number of nitrogens with one attached hydrogen (secondary N) is 1. The molecular formula is C16H25N3O. The Morgan fingerprint density at radius 1 is 1.35 bits per heavy atom. The lowest BCUT2D eigenvalue weighted by molar-refractivity contribution is 0.0925. The fraction of sp³-hybridized carbons (Fsp3) is 0.562. The van der Waals surface area contributed by atoms with Crippen molar-refractivity contribution in [3.8, 4) is 0 Å². The van der Waals surface area contributed by atoms with Crippen LogP contribution in [0, 0.1) is 6.92 Å². The molecule has 0 spiro atoms. The second kappa shape index (κ2) is 6.75.